The quantitative estimate of drug-likeness (QED) is 0.209. The molecule has 0 radical (unpaired) electrons. The fraction of sp³-hybridized carbons (Fsp3) is 0.276. The van der Waals surface area contributed by atoms with Gasteiger partial charge < -0.3 is 10.1 Å². The number of amides is 2. The van der Waals surface area contributed by atoms with Crippen molar-refractivity contribution < 1.29 is 14.3 Å². The second kappa shape index (κ2) is 14.1. The van der Waals surface area contributed by atoms with E-state index < -0.39 is 12.1 Å². The molecule has 2 amide bonds. The molecular weight excluding hydrogens is 592 g/mol. The maximum Gasteiger partial charge on any atom is 0.411 e. The zero-order valence-corrected chi connectivity index (χ0v) is 25.6. The van der Waals surface area contributed by atoms with E-state index >= 15 is 0 Å². The van der Waals surface area contributed by atoms with Crippen LogP contribution in [0.25, 0.3) is 22.9 Å². The predicted molar refractivity (Wildman–Crippen MR) is 167 cm³/mol. The van der Waals surface area contributed by atoms with E-state index in [1.807, 2.05) is 0 Å². The van der Waals surface area contributed by atoms with E-state index in [4.69, 9.17) is 11.6 Å². The highest BCUT2D eigenvalue weighted by Crippen LogP contribution is 2.26. The van der Waals surface area contributed by atoms with Crippen molar-refractivity contribution in [1.82, 2.24) is 35.7 Å². The summed E-state index contributed by atoms with van der Waals surface area (Å²) in [5.74, 6) is 0.999. The highest BCUT2D eigenvalue weighted by molar-refractivity contribution is 7.99. The largest absolute Gasteiger partial charge is 0.453 e. The van der Waals surface area contributed by atoms with Crippen molar-refractivity contribution >= 4 is 47.1 Å². The highest BCUT2D eigenvalue weighted by atomic mass is 35.5. The fourth-order valence-electron chi connectivity index (χ4n) is 3.92. The molecule has 0 spiro atoms. The van der Waals surface area contributed by atoms with E-state index in [9.17, 15) is 14.4 Å². The topological polar surface area (TPSA) is 157 Å². The number of halogens is 1. The van der Waals surface area contributed by atoms with Gasteiger partial charge in [-0.1, -0.05) is 44.5 Å². The first-order chi connectivity index (χ1) is 20.5. The summed E-state index contributed by atoms with van der Waals surface area (Å²) in [7, 11) is 1.28. The lowest BCUT2D eigenvalue weighted by Crippen LogP contribution is -2.31. The van der Waals surface area contributed by atoms with Gasteiger partial charge in [-0.25, -0.2) is 9.89 Å². The van der Waals surface area contributed by atoms with E-state index in [1.54, 1.807) is 66.4 Å². The molecule has 0 aliphatic rings. The van der Waals surface area contributed by atoms with Crippen LogP contribution in [0.15, 0.2) is 65.7 Å². The van der Waals surface area contributed by atoms with Crippen LogP contribution in [0, 0.1) is 5.41 Å². The normalized spacial score (nSPS) is 12.2. The predicted octanol–water partition coefficient (Wildman–Crippen LogP) is 4.89. The molecule has 0 bridgehead atoms. The maximum atomic E-state index is 13.2. The van der Waals surface area contributed by atoms with Gasteiger partial charge in [0.2, 0.25) is 5.91 Å². The van der Waals surface area contributed by atoms with Crippen molar-refractivity contribution in [1.29, 1.82) is 0 Å². The standard InChI is InChI=1S/C29H31ClN8O4S/c1-29(2,3)16-43-15-24(33-26(39)12-7-19-13-20(30)8-11-25(19)38-17-31-36-37-38)23-14-22(27(40)35-34-23)18-5-9-21(10-6-18)32-28(41)42-4/h5-14,17,24H,15-16H2,1-4H3,(H,32,41)(H,33,39)(H,35,40)/t24-/m0/s1. The number of H-pyrrole nitrogens is 1. The van der Waals surface area contributed by atoms with Crippen LogP contribution in [-0.4, -0.2) is 61.0 Å². The molecule has 2 aromatic carbocycles. The molecule has 0 aliphatic carbocycles. The molecule has 0 unspecified atom stereocenters. The number of anilines is 1. The molecule has 3 N–H and O–H groups in total. The van der Waals surface area contributed by atoms with Crippen LogP contribution in [0.1, 0.15) is 38.1 Å². The number of rotatable bonds is 10. The van der Waals surface area contributed by atoms with Crippen molar-refractivity contribution in [2.24, 2.45) is 5.41 Å². The van der Waals surface area contributed by atoms with Gasteiger partial charge in [-0.2, -0.15) is 21.5 Å². The summed E-state index contributed by atoms with van der Waals surface area (Å²) in [6.07, 6.45) is 3.89. The van der Waals surface area contributed by atoms with Gasteiger partial charge in [-0.05, 0) is 69.6 Å². The van der Waals surface area contributed by atoms with Crippen molar-refractivity contribution in [3.63, 3.8) is 0 Å². The Bertz CT molecular complexity index is 1650. The number of ether oxygens (including phenoxy) is 1. The van der Waals surface area contributed by atoms with Crippen molar-refractivity contribution in [2.45, 2.75) is 26.8 Å². The molecule has 2 heterocycles. The molecule has 4 rings (SSSR count). The molecule has 224 valence electrons. The Morgan fingerprint density at radius 3 is 2.60 bits per heavy atom. The SMILES string of the molecule is COC(=O)Nc1ccc(-c2cc([C@H](CSCC(C)(C)C)NC(=O)C=Cc3cc(Cl)ccc3-n3cnnn3)n[nH]c2=O)cc1. The summed E-state index contributed by atoms with van der Waals surface area (Å²) < 4.78 is 6.09. The van der Waals surface area contributed by atoms with E-state index in [1.165, 1.54) is 24.2 Å². The lowest BCUT2D eigenvalue weighted by Gasteiger charge is -2.21. The Hall–Kier alpha value is -4.49. The Balaban J connectivity index is 1.59. The number of benzene rings is 2. The van der Waals surface area contributed by atoms with Gasteiger partial charge in [0.05, 0.1) is 30.1 Å². The molecule has 1 atom stereocenters. The van der Waals surface area contributed by atoms with Crippen LogP contribution in [0.4, 0.5) is 10.5 Å². The summed E-state index contributed by atoms with van der Waals surface area (Å²) in [5, 5.41) is 24.2. The third-order valence-electron chi connectivity index (χ3n) is 5.94. The second-order valence-electron chi connectivity index (χ2n) is 10.7. The number of nitrogens with zero attached hydrogens (tertiary/aromatic N) is 5. The van der Waals surface area contributed by atoms with E-state index in [2.05, 4.69) is 61.9 Å². The number of carbonyl (C=O) groups is 2. The first-order valence-corrected chi connectivity index (χ1v) is 14.7. The van der Waals surface area contributed by atoms with Gasteiger partial charge in [-0.15, -0.1) is 5.10 Å². The third-order valence-corrected chi connectivity index (χ3v) is 7.82. The molecule has 0 aliphatic heterocycles. The van der Waals surface area contributed by atoms with Gasteiger partial charge in [0.25, 0.3) is 5.56 Å². The number of methoxy groups -OCH3 is 1. The van der Waals surface area contributed by atoms with Gasteiger partial charge in [0.15, 0.2) is 0 Å². The number of nitrogens with one attached hydrogen (secondary N) is 3. The van der Waals surface area contributed by atoms with E-state index in [0.29, 0.717) is 44.5 Å². The fourth-order valence-corrected chi connectivity index (χ4v) is 5.33. The lowest BCUT2D eigenvalue weighted by atomic mass is 10.0. The lowest BCUT2D eigenvalue weighted by molar-refractivity contribution is -0.117. The van der Waals surface area contributed by atoms with Gasteiger partial charge in [-0.3, -0.25) is 14.9 Å². The minimum Gasteiger partial charge on any atom is -0.453 e. The first kappa shape index (κ1) is 31.4. The number of tetrazole rings is 1. The third kappa shape index (κ3) is 9.00. The van der Waals surface area contributed by atoms with Crippen molar-refractivity contribution in [3.05, 3.63) is 87.6 Å². The average Bonchev–Trinajstić information content (AvgIpc) is 3.50. The number of thioether (sulfide) groups is 1. The minimum atomic E-state index is -0.598. The Labute approximate surface area is 257 Å². The minimum absolute atomic E-state index is 0.0713. The van der Waals surface area contributed by atoms with E-state index in [0.717, 1.165) is 5.75 Å². The summed E-state index contributed by atoms with van der Waals surface area (Å²) in [4.78, 5) is 37.4. The number of carbonyl (C=O) groups excluding carboxylic acids is 2. The smallest absolute Gasteiger partial charge is 0.411 e. The molecule has 12 nitrogen and oxygen atoms in total. The number of aromatic nitrogens is 6. The molecule has 14 heteroatoms. The van der Waals surface area contributed by atoms with Crippen LogP contribution in [0.3, 0.4) is 0 Å². The Kier molecular flexibility index (Phi) is 10.3. The van der Waals surface area contributed by atoms with Gasteiger partial charge in [0.1, 0.15) is 6.33 Å². The Morgan fingerprint density at radius 1 is 1.16 bits per heavy atom. The zero-order chi connectivity index (χ0) is 31.0. The molecule has 2 aromatic heterocycles. The van der Waals surface area contributed by atoms with Crippen LogP contribution >= 0.6 is 23.4 Å². The monoisotopic (exact) mass is 622 g/mol. The molecular formula is C29H31ClN8O4S. The average molecular weight is 623 g/mol. The van der Waals surface area contributed by atoms with Gasteiger partial charge in [0, 0.05) is 28.1 Å². The molecule has 0 fully saturated rings. The van der Waals surface area contributed by atoms with E-state index in [-0.39, 0.29) is 16.9 Å². The number of aromatic amines is 1. The maximum absolute atomic E-state index is 13.2. The second-order valence-corrected chi connectivity index (χ2v) is 12.1. The molecule has 4 aromatic rings. The summed E-state index contributed by atoms with van der Waals surface area (Å²) in [6, 6.07) is 13.1. The van der Waals surface area contributed by atoms with Crippen molar-refractivity contribution in [2.75, 3.05) is 23.9 Å². The zero-order valence-electron chi connectivity index (χ0n) is 24.0. The summed E-state index contributed by atoms with van der Waals surface area (Å²) in [5.41, 5.74) is 2.96. The van der Waals surface area contributed by atoms with Crippen molar-refractivity contribution in [3.8, 4) is 16.8 Å². The van der Waals surface area contributed by atoms with Gasteiger partial charge >= 0.3 is 6.09 Å². The van der Waals surface area contributed by atoms with Crippen LogP contribution in [0.2, 0.25) is 5.02 Å². The molecule has 43 heavy (non-hydrogen) atoms. The molecule has 0 saturated carbocycles. The first-order valence-electron chi connectivity index (χ1n) is 13.2. The number of hydrogen-bond acceptors (Lipinski definition) is 9. The van der Waals surface area contributed by atoms with Crippen LogP contribution < -0.4 is 16.2 Å². The summed E-state index contributed by atoms with van der Waals surface area (Å²) in [6.45, 7) is 6.41. The number of hydrogen-bond donors (Lipinski definition) is 3. The summed E-state index contributed by atoms with van der Waals surface area (Å²) >= 11 is 7.88. The Morgan fingerprint density at radius 2 is 1.93 bits per heavy atom. The molecule has 0 saturated heterocycles. The van der Waals surface area contributed by atoms with Crippen LogP contribution in [-0.2, 0) is 9.53 Å². The van der Waals surface area contributed by atoms with Crippen LogP contribution in [0.5, 0.6) is 0 Å². The highest BCUT2D eigenvalue weighted by Gasteiger charge is 2.20.